The molecule has 1 aromatic carbocycles. The first-order valence-electron chi connectivity index (χ1n) is 10.4. The van der Waals surface area contributed by atoms with Gasteiger partial charge in [0.15, 0.2) is 5.96 Å². The molecule has 1 fully saturated rings. The van der Waals surface area contributed by atoms with Gasteiger partial charge in [-0.15, -0.1) is 24.0 Å². The summed E-state index contributed by atoms with van der Waals surface area (Å²) in [5, 5.41) is 7.00. The Kier molecular flexibility index (Phi) is 12.1. The largest absolute Gasteiger partial charge is 0.370 e. The molecule has 166 valence electrons. The normalized spacial score (nSPS) is 20.5. The van der Waals surface area contributed by atoms with Gasteiger partial charge in [0, 0.05) is 54.5 Å². The van der Waals surface area contributed by atoms with E-state index in [1.807, 2.05) is 37.8 Å². The highest BCUT2D eigenvalue weighted by Crippen LogP contribution is 2.23. The van der Waals surface area contributed by atoms with Gasteiger partial charge in [-0.05, 0) is 50.8 Å². The maximum atomic E-state index is 14.5. The van der Waals surface area contributed by atoms with E-state index in [1.165, 1.54) is 0 Å². The summed E-state index contributed by atoms with van der Waals surface area (Å²) in [6.45, 7) is 8.11. The maximum absolute atomic E-state index is 14.5. The molecule has 29 heavy (non-hydrogen) atoms. The van der Waals surface area contributed by atoms with Gasteiger partial charge < -0.3 is 15.5 Å². The van der Waals surface area contributed by atoms with Crippen LogP contribution in [0.5, 0.6) is 0 Å². The number of aliphatic imine (C=N–C) groups is 1. The van der Waals surface area contributed by atoms with E-state index in [4.69, 9.17) is 0 Å². The summed E-state index contributed by atoms with van der Waals surface area (Å²) in [6.07, 6.45) is 4.10. The van der Waals surface area contributed by atoms with Crippen LogP contribution >= 0.6 is 24.0 Å². The third-order valence-corrected chi connectivity index (χ3v) is 7.16. The number of nitrogens with one attached hydrogen (secondary N) is 2. The summed E-state index contributed by atoms with van der Waals surface area (Å²) in [6, 6.07) is 5.68. The van der Waals surface area contributed by atoms with Crippen LogP contribution in [0.25, 0.3) is 0 Å². The van der Waals surface area contributed by atoms with E-state index in [2.05, 4.69) is 15.6 Å². The molecule has 0 heterocycles. The number of hydrogen-bond acceptors (Lipinski definition) is 3. The van der Waals surface area contributed by atoms with Crippen molar-refractivity contribution in [3.8, 4) is 0 Å². The maximum Gasteiger partial charge on any atom is 0.191 e. The molecule has 2 rings (SSSR count). The lowest BCUT2D eigenvalue weighted by atomic mass is 9.95. The monoisotopic (exact) mass is 538 g/mol. The molecular formula is C21H36FIN4OS. The fourth-order valence-electron chi connectivity index (χ4n) is 3.81. The number of guanidine groups is 1. The Bertz CT molecular complexity index is 685. The van der Waals surface area contributed by atoms with Gasteiger partial charge in [0.25, 0.3) is 0 Å². The van der Waals surface area contributed by atoms with Crippen molar-refractivity contribution in [1.29, 1.82) is 0 Å². The van der Waals surface area contributed by atoms with Crippen molar-refractivity contribution in [3.05, 3.63) is 29.6 Å². The number of halogens is 2. The Morgan fingerprint density at radius 1 is 1.28 bits per heavy atom. The summed E-state index contributed by atoms with van der Waals surface area (Å²) in [4.78, 5) is 6.31. The van der Waals surface area contributed by atoms with E-state index in [-0.39, 0.29) is 41.1 Å². The molecule has 0 saturated heterocycles. The van der Waals surface area contributed by atoms with Crippen molar-refractivity contribution in [2.24, 2.45) is 4.99 Å². The molecule has 3 unspecified atom stereocenters. The minimum atomic E-state index is -0.741. The van der Waals surface area contributed by atoms with Crippen molar-refractivity contribution < 1.29 is 8.60 Å². The molecule has 1 aromatic rings. The summed E-state index contributed by atoms with van der Waals surface area (Å²) in [5.41, 5.74) is 1.53. The predicted octanol–water partition coefficient (Wildman–Crippen LogP) is 4.03. The Morgan fingerprint density at radius 2 is 2.00 bits per heavy atom. The molecule has 1 aliphatic carbocycles. The van der Waals surface area contributed by atoms with Gasteiger partial charge in [0.05, 0.1) is 5.69 Å². The number of anilines is 1. The topological polar surface area (TPSA) is 56.7 Å². The van der Waals surface area contributed by atoms with Gasteiger partial charge in [-0.1, -0.05) is 19.4 Å². The first-order valence-corrected chi connectivity index (χ1v) is 11.8. The summed E-state index contributed by atoms with van der Waals surface area (Å²) >= 11 is 0. The zero-order chi connectivity index (χ0) is 20.5. The highest BCUT2D eigenvalue weighted by atomic mass is 127. The Hall–Kier alpha value is -0.900. The number of nitrogens with zero attached hydrogens (tertiary/aromatic N) is 2. The van der Waals surface area contributed by atoms with Gasteiger partial charge in [-0.25, -0.2) is 4.39 Å². The highest BCUT2D eigenvalue weighted by molar-refractivity contribution is 14.0. The summed E-state index contributed by atoms with van der Waals surface area (Å²) in [7, 11) is 0.999. The minimum absolute atomic E-state index is 0. The van der Waals surface area contributed by atoms with Crippen LogP contribution in [-0.4, -0.2) is 47.4 Å². The first kappa shape index (κ1) is 26.1. The van der Waals surface area contributed by atoms with E-state index in [1.54, 1.807) is 13.1 Å². The van der Waals surface area contributed by atoms with Crippen LogP contribution in [-0.2, 0) is 17.3 Å². The molecule has 2 N–H and O–H groups in total. The lowest BCUT2D eigenvalue weighted by Gasteiger charge is -2.30. The summed E-state index contributed by atoms with van der Waals surface area (Å²) in [5.74, 6) is 1.24. The molecule has 0 amide bonds. The zero-order valence-corrected chi connectivity index (χ0v) is 21.2. The van der Waals surface area contributed by atoms with Gasteiger partial charge >= 0.3 is 0 Å². The molecule has 1 saturated carbocycles. The van der Waals surface area contributed by atoms with Gasteiger partial charge in [-0.2, -0.15) is 0 Å². The Labute approximate surface area is 194 Å². The highest BCUT2D eigenvalue weighted by Gasteiger charge is 2.26. The molecule has 1 aliphatic rings. The average molecular weight is 539 g/mol. The fourth-order valence-corrected chi connectivity index (χ4v) is 5.15. The van der Waals surface area contributed by atoms with Gasteiger partial charge in [-0.3, -0.25) is 9.20 Å². The smallest absolute Gasteiger partial charge is 0.191 e. The van der Waals surface area contributed by atoms with E-state index in [9.17, 15) is 8.60 Å². The standard InChI is InChI=1S/C21H35FN4OS.HI/c1-5-26(6-2)20-12-11-16(13-19(20)22)15-24-21(23-4)25-17-9-8-10-18(14-17)28(27)7-3;/h11-13,17-18H,5-10,14-15H2,1-4H3,(H2,23,24,25);1H. The van der Waals surface area contributed by atoms with Crippen molar-refractivity contribution in [2.75, 3.05) is 30.8 Å². The second-order valence-corrected chi connectivity index (χ2v) is 9.19. The van der Waals surface area contributed by atoms with Crippen molar-refractivity contribution in [2.45, 2.75) is 64.3 Å². The van der Waals surface area contributed by atoms with E-state index in [0.717, 1.165) is 50.1 Å². The van der Waals surface area contributed by atoms with Crippen molar-refractivity contribution in [1.82, 2.24) is 10.6 Å². The third-order valence-electron chi connectivity index (χ3n) is 5.42. The molecule has 0 aromatic heterocycles. The molecule has 0 bridgehead atoms. The van der Waals surface area contributed by atoms with E-state index in [0.29, 0.717) is 18.2 Å². The van der Waals surface area contributed by atoms with E-state index < -0.39 is 10.8 Å². The second kappa shape index (κ2) is 13.4. The number of hydrogen-bond donors (Lipinski definition) is 2. The van der Waals surface area contributed by atoms with Crippen LogP contribution in [0.1, 0.15) is 52.0 Å². The summed E-state index contributed by atoms with van der Waals surface area (Å²) < 4.78 is 26.6. The number of benzene rings is 1. The Balaban J connectivity index is 0.00000420. The Morgan fingerprint density at radius 3 is 2.59 bits per heavy atom. The molecular weight excluding hydrogens is 502 g/mol. The predicted molar refractivity (Wildman–Crippen MR) is 133 cm³/mol. The second-order valence-electron chi connectivity index (χ2n) is 7.18. The van der Waals surface area contributed by atoms with E-state index >= 15 is 0 Å². The minimum Gasteiger partial charge on any atom is -0.370 e. The molecule has 0 spiro atoms. The average Bonchev–Trinajstić information content (AvgIpc) is 2.72. The van der Waals surface area contributed by atoms with Crippen LogP contribution < -0.4 is 15.5 Å². The van der Waals surface area contributed by atoms with Crippen LogP contribution in [0, 0.1) is 5.82 Å². The van der Waals surface area contributed by atoms with Crippen LogP contribution in [0.2, 0.25) is 0 Å². The third kappa shape index (κ3) is 7.70. The lowest BCUT2D eigenvalue weighted by molar-refractivity contribution is 0.413. The zero-order valence-electron chi connectivity index (χ0n) is 18.0. The first-order chi connectivity index (χ1) is 13.5. The quantitative estimate of drug-likeness (QED) is 0.298. The molecule has 5 nitrogen and oxygen atoms in total. The van der Waals surface area contributed by atoms with Crippen LogP contribution in [0.15, 0.2) is 23.2 Å². The molecule has 0 radical (unpaired) electrons. The van der Waals surface area contributed by atoms with Crippen molar-refractivity contribution in [3.63, 3.8) is 0 Å². The van der Waals surface area contributed by atoms with Crippen LogP contribution in [0.3, 0.4) is 0 Å². The number of rotatable bonds is 8. The lowest BCUT2D eigenvalue weighted by Crippen LogP contribution is -2.46. The van der Waals surface area contributed by atoms with Crippen LogP contribution in [0.4, 0.5) is 10.1 Å². The molecule has 0 aliphatic heterocycles. The van der Waals surface area contributed by atoms with Gasteiger partial charge in [0.1, 0.15) is 5.82 Å². The fraction of sp³-hybridized carbons (Fsp3) is 0.667. The van der Waals surface area contributed by atoms with Crippen molar-refractivity contribution >= 4 is 46.4 Å². The molecule has 8 heteroatoms. The SMILES string of the molecule is CCN(CC)c1ccc(CNC(=NC)NC2CCCC(S(=O)CC)C2)cc1F.I. The van der Waals surface area contributed by atoms with Gasteiger partial charge in [0.2, 0.25) is 0 Å². The molecule has 3 atom stereocenters.